The molecule has 0 radical (unpaired) electrons. The van der Waals surface area contributed by atoms with Crippen molar-refractivity contribution in [2.24, 2.45) is 0 Å². The van der Waals surface area contributed by atoms with Gasteiger partial charge in [-0.1, -0.05) is 23.8 Å². The smallest absolute Gasteiger partial charge is 0 e. The second-order valence-corrected chi connectivity index (χ2v) is 5.57. The maximum atomic E-state index is 12.2. The summed E-state index contributed by atoms with van der Waals surface area (Å²) < 4.78 is 27.7. The maximum absolute atomic E-state index is 12.2. The number of methoxy groups -OCH3 is 1. The Labute approximate surface area is 180 Å². The topological polar surface area (TPSA) is 106 Å². The van der Waals surface area contributed by atoms with E-state index < -0.39 is 0 Å². The van der Waals surface area contributed by atoms with Crippen molar-refractivity contribution in [1.29, 1.82) is 0 Å². The van der Waals surface area contributed by atoms with Crippen LogP contribution in [0.25, 0.3) is 0 Å². The number of benzene rings is 1. The van der Waals surface area contributed by atoms with Gasteiger partial charge in [-0.05, 0) is 37.5 Å². The molecule has 1 aliphatic carbocycles. The Morgan fingerprint density at radius 1 is 0.931 bits per heavy atom. The summed E-state index contributed by atoms with van der Waals surface area (Å²) in [5.41, 5.74) is 2.39. The zero-order valence-electron chi connectivity index (χ0n) is 15.7. The minimum Gasteiger partial charge on any atom is 0 e. The summed E-state index contributed by atoms with van der Waals surface area (Å²) in [7, 11) is 1.69. The van der Waals surface area contributed by atoms with Gasteiger partial charge in [0.2, 0.25) is 0 Å². The van der Waals surface area contributed by atoms with Crippen molar-refractivity contribution in [3.8, 4) is 0 Å². The molecule has 0 saturated carbocycles. The largest absolute Gasteiger partial charge is 0 e. The molecule has 29 heavy (non-hydrogen) atoms. The monoisotopic (exact) mass is 437 g/mol. The van der Waals surface area contributed by atoms with E-state index in [0.717, 1.165) is 31.4 Å². The summed E-state index contributed by atoms with van der Waals surface area (Å²) in [4.78, 5) is 25.8. The van der Waals surface area contributed by atoms with E-state index in [2.05, 4.69) is 26.0 Å². The summed E-state index contributed by atoms with van der Waals surface area (Å²) >= 11 is 0. The van der Waals surface area contributed by atoms with Crippen LogP contribution in [-0.4, -0.2) is 30.4 Å². The van der Waals surface area contributed by atoms with Gasteiger partial charge in [0.25, 0.3) is 11.8 Å². The number of rotatable bonds is 5. The molecule has 2 aliphatic rings. The number of carbonyl (C=O) groups is 2. The zero-order chi connectivity index (χ0) is 21.5. The van der Waals surface area contributed by atoms with Gasteiger partial charge >= 0.3 is 33.9 Å². The number of allylic oxidation sites excluding steroid dienone is 4. The maximum Gasteiger partial charge on any atom is 0 e. The number of hydrogen-bond donors (Lipinski definition) is 0. The Morgan fingerprint density at radius 3 is 1.86 bits per heavy atom. The van der Waals surface area contributed by atoms with Gasteiger partial charge in [-0.2, -0.15) is 0 Å². The molecule has 1 heterocycles. The van der Waals surface area contributed by atoms with Crippen LogP contribution in [0.5, 0.6) is 0 Å². The van der Waals surface area contributed by atoms with Crippen LogP contribution in [0.3, 0.4) is 0 Å². The third-order valence-corrected chi connectivity index (χ3v) is 4.22. The van der Waals surface area contributed by atoms with Crippen LogP contribution < -0.4 is 0 Å². The average molecular weight is 437 g/mol. The van der Waals surface area contributed by atoms with Gasteiger partial charge in [0.05, 0.1) is 24.0 Å². The molecule has 0 fully saturated rings. The molecule has 0 atom stereocenters. The summed E-state index contributed by atoms with van der Waals surface area (Å²) in [5.74, 6) is 0.670. The standard InChI is InChI=1S/C18H19NO3.3CO.Fe/c1-22-14-10-8-13(9-11-14)5-4-12-19-17(20)15-6-2-3-7-16(15)18(19)21;3*1-2;/h2-3,6-8,10H,4-5,9,11-12H2,1H3;;;;. The summed E-state index contributed by atoms with van der Waals surface area (Å²) in [6.07, 6.45) is 7.71. The SMILES string of the molecule is COC1=CC=C(CCCN2C(=O)c3ccccc3C2=O)CC1.[C-]#[O+].[C-]#[O+].[C-]#[O+].[Fe]. The first kappa shape index (κ1) is 28.6. The van der Waals surface area contributed by atoms with Gasteiger partial charge in [0.15, 0.2) is 0 Å². The summed E-state index contributed by atoms with van der Waals surface area (Å²) in [6, 6.07) is 7.02. The van der Waals surface area contributed by atoms with Gasteiger partial charge in [0.1, 0.15) is 0 Å². The molecule has 0 N–H and O–H groups in total. The molecule has 2 amide bonds. The number of carbonyl (C=O) groups excluding carboxylic acids is 2. The fraction of sp³-hybridized carbons (Fsp3) is 0.286. The Bertz CT molecular complexity index is 758. The van der Waals surface area contributed by atoms with Crippen LogP contribution >= 0.6 is 0 Å². The Hall–Kier alpha value is -2.62. The third-order valence-electron chi connectivity index (χ3n) is 4.22. The molecule has 0 spiro atoms. The quantitative estimate of drug-likeness (QED) is 0.306. The van der Waals surface area contributed by atoms with E-state index >= 15 is 0 Å². The molecule has 0 unspecified atom stereocenters. The van der Waals surface area contributed by atoms with E-state index in [-0.39, 0.29) is 28.9 Å². The van der Waals surface area contributed by atoms with Crippen LogP contribution in [0, 0.1) is 20.0 Å². The van der Waals surface area contributed by atoms with E-state index in [9.17, 15) is 9.59 Å². The minimum absolute atomic E-state index is 0. The van der Waals surface area contributed by atoms with Crippen molar-refractivity contribution < 1.29 is 45.4 Å². The fourth-order valence-electron chi connectivity index (χ4n) is 2.95. The average Bonchev–Trinajstić information content (AvgIpc) is 3.03. The number of hydrogen-bond acceptors (Lipinski definition) is 3. The minimum atomic E-state index is -0.167. The van der Waals surface area contributed by atoms with Gasteiger partial charge in [-0.3, -0.25) is 14.5 Å². The molecule has 0 saturated heterocycles. The van der Waals surface area contributed by atoms with Crippen molar-refractivity contribution in [3.63, 3.8) is 0 Å². The molecule has 0 bridgehead atoms. The molecule has 8 heteroatoms. The second-order valence-electron chi connectivity index (χ2n) is 5.57. The van der Waals surface area contributed by atoms with E-state index in [4.69, 9.17) is 18.7 Å². The molecular weight excluding hydrogens is 418 g/mol. The number of ether oxygens (including phenoxy) is 1. The number of fused-ring (bicyclic) bond motifs is 1. The Balaban J connectivity index is 0. The molecule has 152 valence electrons. The number of imide groups is 1. The van der Waals surface area contributed by atoms with Crippen molar-refractivity contribution in [2.45, 2.75) is 25.7 Å². The van der Waals surface area contributed by atoms with E-state index in [1.54, 1.807) is 31.4 Å². The predicted octanol–water partition coefficient (Wildman–Crippen LogP) is 3.20. The molecule has 1 aromatic carbocycles. The molecule has 1 aliphatic heterocycles. The molecular formula is C21H19FeNO6. The second kappa shape index (κ2) is 16.3. The number of nitrogens with zero attached hydrogens (tertiary/aromatic N) is 1. The van der Waals surface area contributed by atoms with E-state index in [1.807, 2.05) is 6.08 Å². The van der Waals surface area contributed by atoms with Crippen molar-refractivity contribution in [1.82, 2.24) is 4.90 Å². The van der Waals surface area contributed by atoms with Crippen molar-refractivity contribution >= 4 is 11.8 Å². The fourth-order valence-corrected chi connectivity index (χ4v) is 2.95. The van der Waals surface area contributed by atoms with Gasteiger partial charge in [-0.25, -0.2) is 0 Å². The van der Waals surface area contributed by atoms with E-state index in [1.165, 1.54) is 10.5 Å². The van der Waals surface area contributed by atoms with Gasteiger partial charge < -0.3 is 4.74 Å². The molecule has 0 aromatic heterocycles. The first-order chi connectivity index (χ1) is 13.7. The van der Waals surface area contributed by atoms with Crippen LogP contribution in [0.15, 0.2) is 47.7 Å². The van der Waals surface area contributed by atoms with Crippen molar-refractivity contribution in [3.05, 3.63) is 78.8 Å². The van der Waals surface area contributed by atoms with Gasteiger partial charge in [0, 0.05) is 30.0 Å². The third kappa shape index (κ3) is 7.72. The summed E-state index contributed by atoms with van der Waals surface area (Å²) in [5, 5.41) is 0. The van der Waals surface area contributed by atoms with Crippen LogP contribution in [0.2, 0.25) is 0 Å². The Morgan fingerprint density at radius 2 is 1.45 bits per heavy atom. The molecule has 1 aromatic rings. The molecule has 7 nitrogen and oxygen atoms in total. The summed E-state index contributed by atoms with van der Waals surface area (Å²) in [6.45, 7) is 14.0. The number of amides is 2. The van der Waals surface area contributed by atoms with Gasteiger partial charge in [-0.15, -0.1) is 0 Å². The van der Waals surface area contributed by atoms with Crippen LogP contribution in [-0.2, 0) is 35.8 Å². The first-order valence-electron chi connectivity index (χ1n) is 8.20. The van der Waals surface area contributed by atoms with Crippen molar-refractivity contribution in [2.75, 3.05) is 13.7 Å². The zero-order valence-corrected chi connectivity index (χ0v) is 16.9. The van der Waals surface area contributed by atoms with Crippen LogP contribution in [0.4, 0.5) is 0 Å². The first-order valence-corrected chi connectivity index (χ1v) is 8.20. The predicted molar refractivity (Wildman–Crippen MR) is 95.2 cm³/mol. The van der Waals surface area contributed by atoms with Crippen LogP contribution in [0.1, 0.15) is 46.4 Å². The normalized spacial score (nSPS) is 13.3. The molecule has 3 rings (SSSR count). The van der Waals surface area contributed by atoms with E-state index in [0.29, 0.717) is 17.7 Å². The Kier molecular flexibility index (Phi) is 16.1.